The molecular formula is C3H5ClO5. The summed E-state index contributed by atoms with van der Waals surface area (Å²) in [6.45, 7) is -0.507. The van der Waals surface area contributed by atoms with E-state index in [1.54, 1.807) is 0 Å². The molecule has 1 atom stereocenters. The quantitative estimate of drug-likeness (QED) is 0.479. The molecule has 0 bridgehead atoms. The predicted molar refractivity (Wildman–Crippen MR) is 19.6 cm³/mol. The molecule has 0 rings (SSSR count). The number of aliphatic hydroxyl groups is 1. The Hall–Kier alpha value is -0.360. The van der Waals surface area contributed by atoms with Crippen LogP contribution in [0.1, 0.15) is 0 Å². The summed E-state index contributed by atoms with van der Waals surface area (Å²) in [6.07, 6.45) is -1.62. The van der Waals surface area contributed by atoms with Crippen molar-refractivity contribution in [3.63, 3.8) is 0 Å². The molecule has 0 heterocycles. The van der Waals surface area contributed by atoms with Crippen LogP contribution >= 0.6 is 0 Å². The molecule has 0 aliphatic carbocycles. The fraction of sp³-hybridized carbons (Fsp3) is 0.667. The fourth-order valence-electron chi connectivity index (χ4n) is 0.157. The van der Waals surface area contributed by atoms with Crippen LogP contribution < -0.4 is 4.66 Å². The van der Waals surface area contributed by atoms with Gasteiger partial charge in [-0.1, -0.05) is 4.29 Å². The Morgan fingerprint density at radius 2 is 2.44 bits per heavy atom. The second-order valence-corrected chi connectivity index (χ2v) is 1.54. The Morgan fingerprint density at radius 1 is 1.89 bits per heavy atom. The summed E-state index contributed by atoms with van der Waals surface area (Å²) >= 11 is 0.176. The minimum absolute atomic E-state index is 0.176. The van der Waals surface area contributed by atoms with E-state index in [1.807, 2.05) is 0 Å². The Bertz CT molecular complexity index is 94.2. The molecule has 9 heavy (non-hydrogen) atoms. The van der Waals surface area contributed by atoms with Crippen molar-refractivity contribution in [2.24, 2.45) is 0 Å². The molecule has 2 N–H and O–H groups in total. The summed E-state index contributed by atoms with van der Waals surface area (Å²) in [5.41, 5.74) is 0. The van der Waals surface area contributed by atoms with Gasteiger partial charge in [-0.3, -0.25) is 0 Å². The van der Waals surface area contributed by atoms with Crippen LogP contribution in [-0.4, -0.2) is 28.9 Å². The summed E-state index contributed by atoms with van der Waals surface area (Å²) in [7, 11) is 0. The Morgan fingerprint density at radius 3 is 2.78 bits per heavy atom. The SMILES string of the molecule is O=C(O)C(O)CO[Cl+][O-]. The van der Waals surface area contributed by atoms with Crippen LogP contribution in [0.25, 0.3) is 0 Å². The number of aliphatic carboxylic acids is 1. The Labute approximate surface area is 54.9 Å². The Balaban J connectivity index is 3.27. The van der Waals surface area contributed by atoms with E-state index in [2.05, 4.69) is 4.29 Å². The first-order valence-electron chi connectivity index (χ1n) is 1.98. The van der Waals surface area contributed by atoms with E-state index < -0.39 is 18.7 Å². The highest BCUT2D eigenvalue weighted by Crippen LogP contribution is 1.83. The third-order valence-corrected chi connectivity index (χ3v) is 0.766. The molecule has 0 amide bonds. The number of aliphatic hydroxyl groups excluding tert-OH is 1. The summed E-state index contributed by atoms with van der Waals surface area (Å²) in [5, 5.41) is 16.3. The lowest BCUT2D eigenvalue weighted by Crippen LogP contribution is -2.26. The number of hydrogen-bond donors (Lipinski definition) is 2. The molecule has 0 aliphatic heterocycles. The largest absolute Gasteiger partial charge is 0.506 e. The molecule has 0 saturated carbocycles. The highest BCUT2D eigenvalue weighted by Gasteiger charge is 2.15. The zero-order valence-corrected chi connectivity index (χ0v) is 5.04. The number of carboxylic acid groups (broad SMARTS) is 1. The second-order valence-electron chi connectivity index (χ2n) is 1.19. The van der Waals surface area contributed by atoms with Crippen molar-refractivity contribution >= 4 is 5.97 Å². The topological polar surface area (TPSA) is 89.8 Å². The molecule has 1 unspecified atom stereocenters. The molecule has 0 fully saturated rings. The van der Waals surface area contributed by atoms with Crippen LogP contribution in [0, 0.1) is 11.3 Å². The zero-order valence-electron chi connectivity index (χ0n) is 4.28. The molecule has 6 heteroatoms. The van der Waals surface area contributed by atoms with Crippen molar-refractivity contribution in [2.75, 3.05) is 6.61 Å². The molecule has 0 aromatic rings. The third-order valence-electron chi connectivity index (χ3n) is 0.550. The minimum atomic E-state index is -1.62. The van der Waals surface area contributed by atoms with Crippen LogP contribution in [0.5, 0.6) is 0 Å². The van der Waals surface area contributed by atoms with E-state index in [4.69, 9.17) is 10.2 Å². The van der Waals surface area contributed by atoms with Crippen LogP contribution in [0.4, 0.5) is 0 Å². The van der Waals surface area contributed by atoms with Crippen molar-refractivity contribution in [3.8, 4) is 0 Å². The van der Waals surface area contributed by atoms with Crippen LogP contribution in [-0.2, 0) is 9.08 Å². The molecule has 5 nitrogen and oxygen atoms in total. The maximum absolute atomic E-state index is 9.76. The average molecular weight is 157 g/mol. The highest BCUT2D eigenvalue weighted by molar-refractivity contribution is 5.71. The van der Waals surface area contributed by atoms with E-state index >= 15 is 0 Å². The maximum Gasteiger partial charge on any atom is 0.335 e. The van der Waals surface area contributed by atoms with Gasteiger partial charge < -0.3 is 14.9 Å². The van der Waals surface area contributed by atoms with E-state index in [1.165, 1.54) is 0 Å². The van der Waals surface area contributed by atoms with Gasteiger partial charge in [-0.15, -0.1) is 0 Å². The molecule has 0 radical (unpaired) electrons. The highest BCUT2D eigenvalue weighted by atomic mass is 35.6. The van der Waals surface area contributed by atoms with Crippen LogP contribution in [0.3, 0.4) is 0 Å². The second kappa shape index (κ2) is 4.51. The molecule has 0 aliphatic rings. The lowest BCUT2D eigenvalue weighted by molar-refractivity contribution is -1.27. The van der Waals surface area contributed by atoms with Gasteiger partial charge in [0.2, 0.25) is 0 Å². The van der Waals surface area contributed by atoms with Crippen LogP contribution in [0.15, 0.2) is 0 Å². The van der Waals surface area contributed by atoms with E-state index in [0.29, 0.717) is 0 Å². The van der Waals surface area contributed by atoms with Gasteiger partial charge in [0.25, 0.3) is 0 Å². The van der Waals surface area contributed by atoms with Crippen molar-refractivity contribution in [3.05, 3.63) is 0 Å². The van der Waals surface area contributed by atoms with Gasteiger partial charge in [0.1, 0.15) is 0 Å². The normalized spacial score (nSPS) is 13.1. The van der Waals surface area contributed by atoms with Gasteiger partial charge in [-0.05, 0) is 0 Å². The van der Waals surface area contributed by atoms with Gasteiger partial charge in [0.15, 0.2) is 12.7 Å². The first-order valence-corrected chi connectivity index (χ1v) is 2.60. The van der Waals surface area contributed by atoms with Crippen LogP contribution in [0.2, 0.25) is 0 Å². The number of carbonyl (C=O) groups is 1. The molecular weight excluding hydrogens is 151 g/mol. The monoisotopic (exact) mass is 156 g/mol. The summed E-state index contributed by atoms with van der Waals surface area (Å²) < 4.78 is 13.3. The average Bonchev–Trinajstić information content (AvgIpc) is 1.82. The lowest BCUT2D eigenvalue weighted by atomic mass is 10.4. The van der Waals surface area contributed by atoms with Gasteiger partial charge in [-0.2, -0.15) is 0 Å². The van der Waals surface area contributed by atoms with Crippen molar-refractivity contribution in [1.82, 2.24) is 0 Å². The van der Waals surface area contributed by atoms with Gasteiger partial charge >= 0.3 is 17.3 Å². The fourth-order valence-corrected chi connectivity index (χ4v) is 0.327. The smallest absolute Gasteiger partial charge is 0.335 e. The molecule has 0 spiro atoms. The van der Waals surface area contributed by atoms with Crippen molar-refractivity contribution < 1.29 is 35.3 Å². The van der Waals surface area contributed by atoms with E-state index in [-0.39, 0.29) is 11.3 Å². The summed E-state index contributed by atoms with van der Waals surface area (Å²) in [5.74, 6) is -1.41. The van der Waals surface area contributed by atoms with E-state index in [0.717, 1.165) is 0 Å². The lowest BCUT2D eigenvalue weighted by Gasteiger charge is -1.96. The Kier molecular flexibility index (Phi) is 4.33. The maximum atomic E-state index is 9.76. The first kappa shape index (κ1) is 8.64. The number of hydrogen-bond acceptors (Lipinski definition) is 4. The predicted octanol–water partition coefficient (Wildman–Crippen LogP) is -2.28. The third kappa shape index (κ3) is 4.16. The first-order chi connectivity index (χ1) is 4.18. The number of carboxylic acids is 1. The van der Waals surface area contributed by atoms with Gasteiger partial charge in [-0.25, -0.2) is 4.79 Å². The summed E-state index contributed by atoms with van der Waals surface area (Å²) in [6, 6.07) is 0. The zero-order chi connectivity index (χ0) is 7.28. The van der Waals surface area contributed by atoms with E-state index in [9.17, 15) is 9.45 Å². The number of rotatable bonds is 4. The standard InChI is InChI=1S/C3H5ClO5/c5-2(3(6)7)1-9-4-8/h2,5H,1H2,(H,6,7). The van der Waals surface area contributed by atoms with Crippen molar-refractivity contribution in [1.29, 1.82) is 0 Å². The number of halogens is 1. The summed E-state index contributed by atoms with van der Waals surface area (Å²) in [4.78, 5) is 9.76. The molecule has 0 saturated heterocycles. The van der Waals surface area contributed by atoms with Crippen molar-refractivity contribution in [2.45, 2.75) is 6.10 Å². The molecule has 54 valence electrons. The minimum Gasteiger partial charge on any atom is -0.506 e. The van der Waals surface area contributed by atoms with Gasteiger partial charge in [0, 0.05) is 0 Å². The van der Waals surface area contributed by atoms with Gasteiger partial charge in [0.05, 0.1) is 0 Å². The molecule has 0 aromatic carbocycles. The molecule has 0 aromatic heterocycles.